The molecule has 7 nitrogen and oxygen atoms in total. The Kier molecular flexibility index (Phi) is 9.47. The maximum absolute atomic E-state index is 15.5. The summed E-state index contributed by atoms with van der Waals surface area (Å²) in [6, 6.07) is 8.28. The standard InChI is InChI=1S/C24H31ClFN5O2/c1-16-13-18(25)7-9-20(16)30-23-19(24(32)31-33-14-17-5-3-6-17)8-10-21(22(23)26)29-15-28-12-4-11-27-2/h7-10,13,15,17,27,30H,3-6,11-12,14H2,1-2H3,(H,28,29)(H,31,32). The Morgan fingerprint density at radius 2 is 2.06 bits per heavy atom. The number of halogens is 2. The number of rotatable bonds is 12. The first kappa shape index (κ1) is 25.0. The van der Waals surface area contributed by atoms with Gasteiger partial charge in [-0.25, -0.2) is 9.87 Å². The van der Waals surface area contributed by atoms with E-state index in [4.69, 9.17) is 16.4 Å². The van der Waals surface area contributed by atoms with Crippen molar-refractivity contribution in [3.05, 3.63) is 52.3 Å². The van der Waals surface area contributed by atoms with Crippen LogP contribution >= 0.6 is 11.6 Å². The number of amides is 1. The summed E-state index contributed by atoms with van der Waals surface area (Å²) in [6.45, 7) is 3.78. The van der Waals surface area contributed by atoms with E-state index < -0.39 is 11.7 Å². The maximum Gasteiger partial charge on any atom is 0.277 e. The molecule has 33 heavy (non-hydrogen) atoms. The summed E-state index contributed by atoms with van der Waals surface area (Å²) in [5, 5.41) is 9.55. The Morgan fingerprint density at radius 1 is 1.27 bits per heavy atom. The molecule has 3 rings (SSSR count). The summed E-state index contributed by atoms with van der Waals surface area (Å²) in [4.78, 5) is 22.4. The highest BCUT2D eigenvalue weighted by atomic mass is 35.5. The van der Waals surface area contributed by atoms with Gasteiger partial charge in [-0.1, -0.05) is 18.0 Å². The fourth-order valence-corrected chi connectivity index (χ4v) is 3.59. The molecule has 0 bridgehead atoms. The minimum Gasteiger partial charge on any atom is -0.352 e. The zero-order valence-electron chi connectivity index (χ0n) is 19.0. The van der Waals surface area contributed by atoms with Crippen LogP contribution in [0.25, 0.3) is 0 Å². The third kappa shape index (κ3) is 7.15. The lowest BCUT2D eigenvalue weighted by atomic mass is 9.86. The van der Waals surface area contributed by atoms with Crippen molar-refractivity contribution in [1.29, 1.82) is 0 Å². The number of nitrogens with zero attached hydrogens (tertiary/aromatic N) is 1. The Morgan fingerprint density at radius 3 is 2.76 bits per heavy atom. The molecule has 0 spiro atoms. The number of hydrogen-bond donors (Lipinski definition) is 4. The van der Waals surface area contributed by atoms with Crippen LogP contribution < -0.4 is 21.4 Å². The molecular formula is C24H31ClFN5O2. The van der Waals surface area contributed by atoms with Gasteiger partial charge in [0.15, 0.2) is 5.82 Å². The highest BCUT2D eigenvalue weighted by Crippen LogP contribution is 2.32. The fourth-order valence-electron chi connectivity index (χ4n) is 3.37. The van der Waals surface area contributed by atoms with Crippen molar-refractivity contribution >= 4 is 40.9 Å². The molecule has 1 saturated carbocycles. The zero-order chi connectivity index (χ0) is 23.6. The minimum absolute atomic E-state index is 0.0405. The van der Waals surface area contributed by atoms with Crippen LogP contribution in [0.1, 0.15) is 41.6 Å². The van der Waals surface area contributed by atoms with Crippen LogP contribution in [0.15, 0.2) is 35.3 Å². The van der Waals surface area contributed by atoms with Crippen molar-refractivity contribution in [2.75, 3.05) is 37.4 Å². The van der Waals surface area contributed by atoms with Crippen molar-refractivity contribution < 1.29 is 14.0 Å². The number of carbonyl (C=O) groups is 1. The zero-order valence-corrected chi connectivity index (χ0v) is 19.8. The van der Waals surface area contributed by atoms with Crippen LogP contribution in [0.4, 0.5) is 21.5 Å². The van der Waals surface area contributed by atoms with Gasteiger partial charge in [0, 0.05) is 17.3 Å². The molecule has 9 heteroatoms. The van der Waals surface area contributed by atoms with Gasteiger partial charge in [-0.05, 0) is 81.6 Å². The number of benzene rings is 2. The normalized spacial score (nSPS) is 13.7. The number of anilines is 3. The Hall–Kier alpha value is -2.68. The highest BCUT2D eigenvalue weighted by Gasteiger charge is 2.21. The van der Waals surface area contributed by atoms with E-state index in [-0.39, 0.29) is 16.9 Å². The molecule has 0 heterocycles. The first-order valence-corrected chi connectivity index (χ1v) is 11.5. The molecule has 1 fully saturated rings. The third-order valence-corrected chi connectivity index (χ3v) is 5.80. The highest BCUT2D eigenvalue weighted by molar-refractivity contribution is 6.30. The average molecular weight is 476 g/mol. The second-order valence-corrected chi connectivity index (χ2v) is 8.55. The lowest BCUT2D eigenvalue weighted by Crippen LogP contribution is -2.29. The number of aryl methyl sites for hydroxylation is 1. The molecule has 0 aliphatic heterocycles. The molecule has 0 radical (unpaired) electrons. The lowest BCUT2D eigenvalue weighted by Gasteiger charge is -2.24. The second-order valence-electron chi connectivity index (χ2n) is 8.11. The first-order valence-electron chi connectivity index (χ1n) is 11.2. The summed E-state index contributed by atoms with van der Waals surface area (Å²) in [6.07, 6.45) is 5.73. The van der Waals surface area contributed by atoms with Gasteiger partial charge >= 0.3 is 0 Å². The van der Waals surface area contributed by atoms with Crippen molar-refractivity contribution in [1.82, 2.24) is 10.8 Å². The molecule has 4 N–H and O–H groups in total. The molecule has 1 aliphatic rings. The lowest BCUT2D eigenvalue weighted by molar-refractivity contribution is 0.00322. The molecule has 0 atom stereocenters. The van der Waals surface area contributed by atoms with Crippen LogP contribution in [-0.2, 0) is 4.84 Å². The quantitative estimate of drug-likeness (QED) is 0.149. The van der Waals surface area contributed by atoms with Gasteiger partial charge in [0.05, 0.1) is 29.9 Å². The van der Waals surface area contributed by atoms with Crippen LogP contribution in [0.5, 0.6) is 0 Å². The van der Waals surface area contributed by atoms with Gasteiger partial charge in [0.25, 0.3) is 5.91 Å². The van der Waals surface area contributed by atoms with E-state index in [1.165, 1.54) is 18.8 Å². The monoisotopic (exact) mass is 475 g/mol. The van der Waals surface area contributed by atoms with Gasteiger partial charge in [-0.2, -0.15) is 0 Å². The third-order valence-electron chi connectivity index (χ3n) is 5.57. The van der Waals surface area contributed by atoms with Crippen LogP contribution in [0.2, 0.25) is 5.02 Å². The van der Waals surface area contributed by atoms with E-state index in [0.29, 0.717) is 29.8 Å². The van der Waals surface area contributed by atoms with Crippen LogP contribution in [0.3, 0.4) is 0 Å². The smallest absolute Gasteiger partial charge is 0.277 e. The van der Waals surface area contributed by atoms with Gasteiger partial charge in [0.1, 0.15) is 0 Å². The number of hydrogen-bond acceptors (Lipinski definition) is 5. The van der Waals surface area contributed by atoms with E-state index in [0.717, 1.165) is 31.4 Å². The van der Waals surface area contributed by atoms with Crippen molar-refractivity contribution in [2.24, 2.45) is 10.9 Å². The second kappa shape index (κ2) is 12.5. The predicted molar refractivity (Wildman–Crippen MR) is 132 cm³/mol. The van der Waals surface area contributed by atoms with Crippen molar-refractivity contribution in [2.45, 2.75) is 32.6 Å². The topological polar surface area (TPSA) is 86.8 Å². The maximum atomic E-state index is 15.5. The number of hydroxylamine groups is 1. The van der Waals surface area contributed by atoms with E-state index in [2.05, 4.69) is 26.4 Å². The number of aliphatic imine (C=N–C) groups is 1. The average Bonchev–Trinajstić information content (AvgIpc) is 2.76. The Bertz CT molecular complexity index is 982. The molecule has 0 saturated heterocycles. The molecule has 178 valence electrons. The molecule has 2 aromatic rings. The number of nitrogens with one attached hydrogen (secondary N) is 4. The van der Waals surface area contributed by atoms with Gasteiger partial charge in [-0.3, -0.25) is 14.6 Å². The Labute approximate surface area is 199 Å². The van der Waals surface area contributed by atoms with Gasteiger partial charge < -0.3 is 16.0 Å². The minimum atomic E-state index is -0.599. The fraction of sp³-hybridized carbons (Fsp3) is 0.417. The molecule has 0 unspecified atom stereocenters. The summed E-state index contributed by atoms with van der Waals surface area (Å²) in [5.74, 6) is -0.650. The van der Waals surface area contributed by atoms with Crippen molar-refractivity contribution in [3.8, 4) is 0 Å². The van der Waals surface area contributed by atoms with E-state index in [9.17, 15) is 4.79 Å². The molecule has 1 amide bonds. The van der Waals surface area contributed by atoms with Gasteiger partial charge in [-0.15, -0.1) is 0 Å². The SMILES string of the molecule is CNCCCN=CNc1ccc(C(=O)NOCC2CCC2)c(Nc2ccc(Cl)cc2C)c1F. The molecular weight excluding hydrogens is 445 g/mol. The summed E-state index contributed by atoms with van der Waals surface area (Å²) >= 11 is 6.05. The predicted octanol–water partition coefficient (Wildman–Crippen LogP) is 5.04. The van der Waals surface area contributed by atoms with Gasteiger partial charge in [0.2, 0.25) is 0 Å². The van der Waals surface area contributed by atoms with E-state index >= 15 is 4.39 Å². The van der Waals surface area contributed by atoms with E-state index in [1.54, 1.807) is 24.3 Å². The summed E-state index contributed by atoms with van der Waals surface area (Å²) < 4.78 is 15.5. The molecule has 1 aliphatic carbocycles. The first-order chi connectivity index (χ1) is 16.0. The van der Waals surface area contributed by atoms with Crippen LogP contribution in [0, 0.1) is 18.7 Å². The summed E-state index contributed by atoms with van der Waals surface area (Å²) in [7, 11) is 1.88. The largest absolute Gasteiger partial charge is 0.352 e. The van der Waals surface area contributed by atoms with Crippen LogP contribution in [-0.4, -0.2) is 39.0 Å². The molecule has 2 aromatic carbocycles. The Balaban J connectivity index is 1.79. The van der Waals surface area contributed by atoms with Crippen molar-refractivity contribution in [3.63, 3.8) is 0 Å². The number of carbonyl (C=O) groups excluding carboxylic acids is 1. The molecule has 0 aromatic heterocycles. The summed E-state index contributed by atoms with van der Waals surface area (Å²) in [5.41, 5.74) is 4.28. The van der Waals surface area contributed by atoms with E-state index in [1.807, 2.05) is 14.0 Å².